The molecule has 2 unspecified atom stereocenters. The fourth-order valence-corrected chi connectivity index (χ4v) is 2.63. The van der Waals surface area contributed by atoms with E-state index in [1.807, 2.05) is 6.92 Å². The second-order valence-electron chi connectivity index (χ2n) is 6.31. The maximum absolute atomic E-state index is 10.9. The lowest BCUT2D eigenvalue weighted by Crippen LogP contribution is -2.29. The molecule has 0 fully saturated rings. The maximum atomic E-state index is 10.9. The Labute approximate surface area is 141 Å². The van der Waals surface area contributed by atoms with Crippen LogP contribution in [0.1, 0.15) is 66.7 Å². The van der Waals surface area contributed by atoms with Crippen molar-refractivity contribution in [3.05, 3.63) is 11.3 Å². The smallest absolute Gasteiger partial charge is 0.316 e. The number of allylic oxidation sites excluding steroid dienone is 1. The summed E-state index contributed by atoms with van der Waals surface area (Å²) in [5.41, 5.74) is 6.62. The Bertz CT molecular complexity index is 416. The lowest BCUT2D eigenvalue weighted by Gasteiger charge is -2.20. The highest BCUT2D eigenvalue weighted by atomic mass is 16.5. The third kappa shape index (κ3) is 9.26. The highest BCUT2D eigenvalue weighted by Gasteiger charge is 2.13. The third-order valence-corrected chi connectivity index (χ3v) is 4.29. The Kier molecular flexibility index (Phi) is 11.2. The molecule has 0 saturated heterocycles. The van der Waals surface area contributed by atoms with Gasteiger partial charge in [-0.05, 0) is 38.5 Å². The van der Waals surface area contributed by atoms with E-state index < -0.39 is 6.03 Å². The summed E-state index contributed by atoms with van der Waals surface area (Å²) >= 11 is 0. The molecule has 5 nitrogen and oxygen atoms in total. The number of nitrogens with two attached hydrogens (primary N) is 1. The molecule has 0 aromatic heterocycles. The Balaban J connectivity index is 4.57. The van der Waals surface area contributed by atoms with Crippen molar-refractivity contribution >= 4 is 11.9 Å². The van der Waals surface area contributed by atoms with E-state index in [1.165, 1.54) is 25.7 Å². The summed E-state index contributed by atoms with van der Waals surface area (Å²) in [6.07, 6.45) is 5.96. The Morgan fingerprint density at radius 1 is 1.26 bits per heavy atom. The molecule has 0 bridgehead atoms. The molecule has 0 spiro atoms. The van der Waals surface area contributed by atoms with Crippen molar-refractivity contribution in [2.24, 2.45) is 22.6 Å². The van der Waals surface area contributed by atoms with Crippen LogP contribution in [0.3, 0.4) is 0 Å². The van der Waals surface area contributed by atoms with Gasteiger partial charge in [0.15, 0.2) is 0 Å². The number of nitrogens with one attached hydrogen (secondary N) is 1. The Hall–Kier alpha value is -1.52. The predicted octanol–water partition coefficient (Wildman–Crippen LogP) is 4.24. The van der Waals surface area contributed by atoms with Gasteiger partial charge in [0, 0.05) is 18.3 Å². The minimum Gasteiger partial charge on any atom is -0.478 e. The SMILES string of the molecule is CCCC(CCOC(=NC)/C(C)=C(\C)NC(N)=O)CC(C)CC. The second kappa shape index (κ2) is 12.0. The molecule has 23 heavy (non-hydrogen) atoms. The predicted molar refractivity (Wildman–Crippen MR) is 97.5 cm³/mol. The zero-order chi connectivity index (χ0) is 17.8. The summed E-state index contributed by atoms with van der Waals surface area (Å²) in [4.78, 5) is 15.1. The van der Waals surface area contributed by atoms with Crippen LogP contribution in [0.25, 0.3) is 0 Å². The summed E-state index contributed by atoms with van der Waals surface area (Å²) in [7, 11) is 1.69. The summed E-state index contributed by atoms with van der Waals surface area (Å²) in [5, 5.41) is 2.57. The normalized spacial score (nSPS) is 15.7. The number of rotatable bonds is 10. The van der Waals surface area contributed by atoms with Crippen molar-refractivity contribution in [1.82, 2.24) is 5.32 Å². The van der Waals surface area contributed by atoms with Gasteiger partial charge in [-0.2, -0.15) is 0 Å². The van der Waals surface area contributed by atoms with Crippen LogP contribution in [-0.4, -0.2) is 25.6 Å². The molecule has 134 valence electrons. The molecule has 2 atom stereocenters. The summed E-state index contributed by atoms with van der Waals surface area (Å²) in [6.45, 7) is 11.1. The summed E-state index contributed by atoms with van der Waals surface area (Å²) < 4.78 is 5.85. The van der Waals surface area contributed by atoms with Gasteiger partial charge < -0.3 is 15.8 Å². The van der Waals surface area contributed by atoms with Crippen molar-refractivity contribution in [3.8, 4) is 0 Å². The van der Waals surface area contributed by atoms with Crippen molar-refractivity contribution in [3.63, 3.8) is 0 Å². The van der Waals surface area contributed by atoms with Gasteiger partial charge >= 0.3 is 6.03 Å². The average Bonchev–Trinajstić information content (AvgIpc) is 2.50. The summed E-state index contributed by atoms with van der Waals surface area (Å²) in [5.74, 6) is 2.02. The molecule has 0 aliphatic carbocycles. The average molecular weight is 325 g/mol. The molecule has 0 radical (unpaired) electrons. The highest BCUT2D eigenvalue weighted by molar-refractivity contribution is 5.94. The van der Waals surface area contributed by atoms with Crippen molar-refractivity contribution in [1.29, 1.82) is 0 Å². The lowest BCUT2D eigenvalue weighted by molar-refractivity contribution is 0.240. The van der Waals surface area contributed by atoms with Gasteiger partial charge in [-0.1, -0.05) is 40.0 Å². The van der Waals surface area contributed by atoms with Gasteiger partial charge in [-0.3, -0.25) is 4.99 Å². The third-order valence-electron chi connectivity index (χ3n) is 4.29. The number of ether oxygens (including phenoxy) is 1. The van der Waals surface area contributed by atoms with E-state index in [0.29, 0.717) is 24.1 Å². The van der Waals surface area contributed by atoms with Crippen LogP contribution >= 0.6 is 0 Å². The first-order valence-corrected chi connectivity index (χ1v) is 8.69. The standard InChI is InChI=1S/C18H35N3O2/c1-7-9-16(12-13(3)8-2)10-11-23-17(20-6)14(4)15(5)21-18(19)22/h13,16H,7-12H2,1-6H3,(H3,19,21,22)/b15-14+,20-17?. The minimum absolute atomic E-state index is 0.565. The van der Waals surface area contributed by atoms with Gasteiger partial charge in [0.05, 0.1) is 6.61 Å². The fraction of sp³-hybridized carbons (Fsp3) is 0.778. The van der Waals surface area contributed by atoms with E-state index >= 15 is 0 Å². The van der Waals surface area contributed by atoms with Crippen LogP contribution in [0.5, 0.6) is 0 Å². The number of carbonyl (C=O) groups excluding carboxylic acids is 1. The van der Waals surface area contributed by atoms with Crippen LogP contribution in [0.2, 0.25) is 0 Å². The molecule has 0 aromatic rings. The van der Waals surface area contributed by atoms with E-state index in [2.05, 4.69) is 31.1 Å². The molecule has 3 N–H and O–H groups in total. The molecule has 0 rings (SSSR count). The van der Waals surface area contributed by atoms with Gasteiger partial charge in [0.1, 0.15) is 0 Å². The topological polar surface area (TPSA) is 76.7 Å². The number of hydrogen-bond donors (Lipinski definition) is 2. The Morgan fingerprint density at radius 3 is 2.39 bits per heavy atom. The number of nitrogens with zero attached hydrogens (tertiary/aromatic N) is 1. The van der Waals surface area contributed by atoms with Crippen LogP contribution < -0.4 is 11.1 Å². The van der Waals surface area contributed by atoms with Gasteiger partial charge in [-0.15, -0.1) is 0 Å². The molecule has 0 saturated carbocycles. The van der Waals surface area contributed by atoms with E-state index in [1.54, 1.807) is 14.0 Å². The summed E-state index contributed by atoms with van der Waals surface area (Å²) in [6, 6.07) is -0.575. The van der Waals surface area contributed by atoms with Crippen LogP contribution in [0.15, 0.2) is 16.3 Å². The number of hydrogen-bond acceptors (Lipinski definition) is 3. The monoisotopic (exact) mass is 325 g/mol. The van der Waals surface area contributed by atoms with Crippen LogP contribution in [-0.2, 0) is 4.74 Å². The van der Waals surface area contributed by atoms with Gasteiger partial charge in [-0.25, -0.2) is 4.79 Å². The number of carbonyl (C=O) groups is 1. The van der Waals surface area contributed by atoms with Gasteiger partial charge in [0.25, 0.3) is 0 Å². The van der Waals surface area contributed by atoms with E-state index in [9.17, 15) is 4.79 Å². The molecule has 0 heterocycles. The number of primary amides is 1. The van der Waals surface area contributed by atoms with E-state index in [-0.39, 0.29) is 0 Å². The van der Waals surface area contributed by atoms with E-state index in [0.717, 1.165) is 17.9 Å². The molecular formula is C18H35N3O2. The quantitative estimate of drug-likeness (QED) is 0.465. The van der Waals surface area contributed by atoms with Crippen molar-refractivity contribution in [2.45, 2.75) is 66.7 Å². The van der Waals surface area contributed by atoms with Crippen LogP contribution in [0.4, 0.5) is 4.79 Å². The van der Waals surface area contributed by atoms with Crippen molar-refractivity contribution in [2.75, 3.05) is 13.7 Å². The largest absolute Gasteiger partial charge is 0.478 e. The Morgan fingerprint density at radius 2 is 1.91 bits per heavy atom. The van der Waals surface area contributed by atoms with Gasteiger partial charge in [0.2, 0.25) is 5.90 Å². The fourth-order valence-electron chi connectivity index (χ4n) is 2.63. The maximum Gasteiger partial charge on any atom is 0.316 e. The molecule has 0 aliphatic heterocycles. The van der Waals surface area contributed by atoms with Crippen molar-refractivity contribution < 1.29 is 9.53 Å². The molecule has 0 aromatic carbocycles. The highest BCUT2D eigenvalue weighted by Crippen LogP contribution is 2.23. The molecule has 0 aliphatic rings. The zero-order valence-electron chi connectivity index (χ0n) is 15.7. The number of aliphatic imine (C=N–C) groups is 1. The second-order valence-corrected chi connectivity index (χ2v) is 6.31. The zero-order valence-corrected chi connectivity index (χ0v) is 15.7. The first-order valence-electron chi connectivity index (χ1n) is 8.69. The molecular weight excluding hydrogens is 290 g/mol. The first kappa shape index (κ1) is 21.5. The van der Waals surface area contributed by atoms with Crippen LogP contribution in [0, 0.1) is 11.8 Å². The van der Waals surface area contributed by atoms with E-state index in [4.69, 9.17) is 10.5 Å². The number of urea groups is 1. The molecule has 2 amide bonds. The number of amides is 2. The molecule has 5 heteroatoms. The lowest BCUT2D eigenvalue weighted by atomic mass is 9.89. The minimum atomic E-state index is -0.575. The first-order chi connectivity index (χ1) is 10.8.